The summed E-state index contributed by atoms with van der Waals surface area (Å²) in [4.78, 5) is 11.8. The Bertz CT molecular complexity index is 663. The first-order valence-electron chi connectivity index (χ1n) is 6.19. The van der Waals surface area contributed by atoms with Gasteiger partial charge in [0.1, 0.15) is 5.75 Å². The molecule has 0 aliphatic carbocycles. The number of rotatable bonds is 3. The maximum Gasteiger partial charge on any atom is 0.248 e. The van der Waals surface area contributed by atoms with Gasteiger partial charge in [0.25, 0.3) is 0 Å². The molecule has 0 heterocycles. The lowest BCUT2D eigenvalue weighted by molar-refractivity contribution is -0.111. The standard InChI is InChI=1S/C16H16N2O2/c1-11-5-7-14(10-15(11)19)18-16(20)8-6-12-3-2-4-13(17)9-12/h2-10,19H,17H2,1H3,(H,18,20)/b8-6+. The van der Waals surface area contributed by atoms with E-state index in [2.05, 4.69) is 5.32 Å². The van der Waals surface area contributed by atoms with E-state index in [1.807, 2.05) is 12.1 Å². The molecule has 0 saturated heterocycles. The van der Waals surface area contributed by atoms with Crippen LogP contribution in [0.3, 0.4) is 0 Å². The minimum absolute atomic E-state index is 0.155. The molecule has 0 fully saturated rings. The minimum Gasteiger partial charge on any atom is -0.508 e. The van der Waals surface area contributed by atoms with E-state index in [1.165, 1.54) is 12.1 Å². The molecular formula is C16H16N2O2. The Morgan fingerprint density at radius 3 is 2.75 bits per heavy atom. The number of phenolic OH excluding ortho intramolecular Hbond substituents is 1. The van der Waals surface area contributed by atoms with Gasteiger partial charge in [0.2, 0.25) is 5.91 Å². The molecule has 2 aromatic rings. The van der Waals surface area contributed by atoms with Gasteiger partial charge in [-0.25, -0.2) is 0 Å². The predicted octanol–water partition coefficient (Wildman–Crippen LogP) is 2.93. The molecule has 0 saturated carbocycles. The van der Waals surface area contributed by atoms with Crippen LogP contribution in [0, 0.1) is 6.92 Å². The van der Waals surface area contributed by atoms with E-state index < -0.39 is 0 Å². The number of benzene rings is 2. The molecule has 0 aliphatic rings. The van der Waals surface area contributed by atoms with Gasteiger partial charge in [0, 0.05) is 23.5 Å². The SMILES string of the molecule is Cc1ccc(NC(=O)/C=C/c2cccc(N)c2)cc1O. The van der Waals surface area contributed by atoms with Crippen molar-refractivity contribution < 1.29 is 9.90 Å². The minimum atomic E-state index is -0.268. The second kappa shape index (κ2) is 5.93. The number of aromatic hydroxyl groups is 1. The third-order valence-electron chi connectivity index (χ3n) is 2.81. The molecule has 2 rings (SSSR count). The molecule has 0 bridgehead atoms. The van der Waals surface area contributed by atoms with Crippen molar-refractivity contribution in [3.05, 3.63) is 59.7 Å². The van der Waals surface area contributed by atoms with Crippen molar-refractivity contribution in [3.8, 4) is 5.75 Å². The molecule has 1 amide bonds. The zero-order valence-electron chi connectivity index (χ0n) is 11.1. The average molecular weight is 268 g/mol. The molecular weight excluding hydrogens is 252 g/mol. The molecule has 4 nitrogen and oxygen atoms in total. The molecule has 0 atom stereocenters. The number of nitrogens with two attached hydrogens (primary N) is 1. The average Bonchev–Trinajstić information content (AvgIpc) is 2.41. The Labute approximate surface area is 117 Å². The van der Waals surface area contributed by atoms with Gasteiger partial charge in [-0.05, 0) is 42.3 Å². The third-order valence-corrected chi connectivity index (χ3v) is 2.81. The molecule has 4 heteroatoms. The largest absolute Gasteiger partial charge is 0.508 e. The number of anilines is 2. The van der Waals surface area contributed by atoms with Crippen molar-refractivity contribution in [3.63, 3.8) is 0 Å². The Kier molecular flexibility index (Phi) is 4.05. The highest BCUT2D eigenvalue weighted by molar-refractivity contribution is 6.02. The molecule has 0 aromatic heterocycles. The summed E-state index contributed by atoms with van der Waals surface area (Å²) in [6.45, 7) is 1.79. The van der Waals surface area contributed by atoms with E-state index in [4.69, 9.17) is 5.73 Å². The van der Waals surface area contributed by atoms with Crippen LogP contribution in [-0.2, 0) is 4.79 Å². The molecule has 0 radical (unpaired) electrons. The number of hydrogen-bond acceptors (Lipinski definition) is 3. The zero-order chi connectivity index (χ0) is 14.5. The third kappa shape index (κ3) is 3.62. The van der Waals surface area contributed by atoms with E-state index >= 15 is 0 Å². The number of nitrogen functional groups attached to an aromatic ring is 1. The van der Waals surface area contributed by atoms with Crippen LogP contribution in [-0.4, -0.2) is 11.0 Å². The molecule has 0 spiro atoms. The van der Waals surface area contributed by atoms with Gasteiger partial charge >= 0.3 is 0 Å². The second-order valence-electron chi connectivity index (χ2n) is 4.49. The van der Waals surface area contributed by atoms with Crippen molar-refractivity contribution in [2.75, 3.05) is 11.1 Å². The molecule has 0 unspecified atom stereocenters. The van der Waals surface area contributed by atoms with E-state index in [0.29, 0.717) is 11.4 Å². The van der Waals surface area contributed by atoms with Gasteiger partial charge in [-0.15, -0.1) is 0 Å². The van der Waals surface area contributed by atoms with Crippen LogP contribution in [0.25, 0.3) is 6.08 Å². The zero-order valence-corrected chi connectivity index (χ0v) is 11.1. The monoisotopic (exact) mass is 268 g/mol. The summed E-state index contributed by atoms with van der Waals surface area (Å²) in [5.74, 6) is -0.113. The predicted molar refractivity (Wildman–Crippen MR) is 81.4 cm³/mol. The van der Waals surface area contributed by atoms with Crippen molar-refractivity contribution in [2.45, 2.75) is 6.92 Å². The van der Waals surface area contributed by atoms with Crippen LogP contribution in [0.15, 0.2) is 48.5 Å². The number of hydrogen-bond donors (Lipinski definition) is 3. The smallest absolute Gasteiger partial charge is 0.248 e. The highest BCUT2D eigenvalue weighted by Gasteiger charge is 2.01. The number of nitrogens with one attached hydrogen (secondary N) is 1. The molecule has 2 aromatic carbocycles. The summed E-state index contributed by atoms with van der Waals surface area (Å²) < 4.78 is 0. The highest BCUT2D eigenvalue weighted by atomic mass is 16.3. The van der Waals surface area contributed by atoms with Gasteiger partial charge in [-0.1, -0.05) is 18.2 Å². The number of carbonyl (C=O) groups is 1. The molecule has 0 aliphatic heterocycles. The summed E-state index contributed by atoms with van der Waals surface area (Å²) in [5.41, 5.74) is 8.47. The Hall–Kier alpha value is -2.75. The van der Waals surface area contributed by atoms with Crippen LogP contribution in [0.5, 0.6) is 5.75 Å². The van der Waals surface area contributed by atoms with Gasteiger partial charge in [0.15, 0.2) is 0 Å². The van der Waals surface area contributed by atoms with Crippen molar-refractivity contribution in [1.29, 1.82) is 0 Å². The summed E-state index contributed by atoms with van der Waals surface area (Å²) in [6, 6.07) is 12.2. The van der Waals surface area contributed by atoms with Gasteiger partial charge in [-0.3, -0.25) is 4.79 Å². The van der Waals surface area contributed by atoms with E-state index in [0.717, 1.165) is 11.1 Å². The summed E-state index contributed by atoms with van der Waals surface area (Å²) in [6.07, 6.45) is 3.10. The lowest BCUT2D eigenvalue weighted by Gasteiger charge is -2.04. The fourth-order valence-electron chi connectivity index (χ4n) is 1.71. The van der Waals surface area contributed by atoms with E-state index in [-0.39, 0.29) is 11.7 Å². The normalized spacial score (nSPS) is 10.7. The van der Waals surface area contributed by atoms with Crippen LogP contribution < -0.4 is 11.1 Å². The van der Waals surface area contributed by atoms with Crippen molar-refractivity contribution in [1.82, 2.24) is 0 Å². The van der Waals surface area contributed by atoms with Gasteiger partial charge in [0.05, 0.1) is 0 Å². The van der Waals surface area contributed by atoms with Crippen LogP contribution in [0.1, 0.15) is 11.1 Å². The first-order valence-corrected chi connectivity index (χ1v) is 6.19. The highest BCUT2D eigenvalue weighted by Crippen LogP contribution is 2.20. The molecule has 102 valence electrons. The van der Waals surface area contributed by atoms with E-state index in [1.54, 1.807) is 37.3 Å². The maximum atomic E-state index is 11.8. The summed E-state index contributed by atoms with van der Waals surface area (Å²) in [7, 11) is 0. The van der Waals surface area contributed by atoms with Crippen LogP contribution in [0.2, 0.25) is 0 Å². The van der Waals surface area contributed by atoms with Crippen LogP contribution >= 0.6 is 0 Å². The van der Waals surface area contributed by atoms with Crippen LogP contribution in [0.4, 0.5) is 11.4 Å². The Morgan fingerprint density at radius 1 is 1.25 bits per heavy atom. The fraction of sp³-hybridized carbons (Fsp3) is 0.0625. The van der Waals surface area contributed by atoms with Crippen molar-refractivity contribution >= 4 is 23.4 Å². The number of phenols is 1. The first-order chi connectivity index (χ1) is 9.54. The lowest BCUT2D eigenvalue weighted by atomic mass is 10.2. The van der Waals surface area contributed by atoms with E-state index in [9.17, 15) is 9.90 Å². The topological polar surface area (TPSA) is 75.4 Å². The fourth-order valence-corrected chi connectivity index (χ4v) is 1.71. The number of carbonyl (C=O) groups excluding carboxylic acids is 1. The maximum absolute atomic E-state index is 11.8. The Balaban J connectivity index is 2.03. The quantitative estimate of drug-likeness (QED) is 0.591. The van der Waals surface area contributed by atoms with Gasteiger partial charge < -0.3 is 16.2 Å². The summed E-state index contributed by atoms with van der Waals surface area (Å²) in [5, 5.41) is 12.2. The number of aryl methyl sites for hydroxylation is 1. The summed E-state index contributed by atoms with van der Waals surface area (Å²) >= 11 is 0. The lowest BCUT2D eigenvalue weighted by Crippen LogP contribution is -2.07. The second-order valence-corrected chi connectivity index (χ2v) is 4.49. The van der Waals surface area contributed by atoms with Crippen molar-refractivity contribution in [2.24, 2.45) is 0 Å². The number of amides is 1. The Morgan fingerprint density at radius 2 is 2.05 bits per heavy atom. The molecule has 20 heavy (non-hydrogen) atoms. The first kappa shape index (κ1) is 13.7. The molecule has 4 N–H and O–H groups in total. The van der Waals surface area contributed by atoms with Gasteiger partial charge in [-0.2, -0.15) is 0 Å².